The van der Waals surface area contributed by atoms with Gasteiger partial charge < -0.3 is 14.9 Å². The molecule has 2 aliphatic heterocycles. The highest BCUT2D eigenvalue weighted by Gasteiger charge is 2.60. The van der Waals surface area contributed by atoms with Gasteiger partial charge in [0.15, 0.2) is 9.84 Å². The molecule has 0 aromatic rings. The first-order valence-electron chi connectivity index (χ1n) is 5.55. The lowest BCUT2D eigenvalue weighted by atomic mass is 9.69. The number of carbonyl (C=O) groups is 1. The Hall–Kier alpha value is -0.660. The van der Waals surface area contributed by atoms with Gasteiger partial charge in [-0.2, -0.15) is 0 Å². The largest absolute Gasteiger partial charge is 0.481 e. The van der Waals surface area contributed by atoms with Crippen molar-refractivity contribution in [3.63, 3.8) is 0 Å². The number of aliphatic carboxylic acids is 1. The highest BCUT2D eigenvalue weighted by atomic mass is 32.2. The van der Waals surface area contributed by atoms with Crippen molar-refractivity contribution in [3.8, 4) is 0 Å². The Morgan fingerprint density at radius 2 is 2.00 bits per heavy atom. The summed E-state index contributed by atoms with van der Waals surface area (Å²) >= 11 is 0. The summed E-state index contributed by atoms with van der Waals surface area (Å²) in [4.78, 5) is 11.5. The van der Waals surface area contributed by atoms with Crippen molar-refractivity contribution >= 4 is 15.8 Å². The molecule has 0 radical (unpaired) electrons. The fourth-order valence-corrected chi connectivity index (χ4v) is 4.80. The van der Waals surface area contributed by atoms with E-state index in [0.717, 1.165) is 0 Å². The molecule has 2 saturated heterocycles. The zero-order chi connectivity index (χ0) is 12.7. The highest BCUT2D eigenvalue weighted by Crippen LogP contribution is 2.45. The van der Waals surface area contributed by atoms with Crippen LogP contribution < -0.4 is 0 Å². The molecular weight excluding hydrogens is 248 g/mol. The smallest absolute Gasteiger partial charge is 0.313 e. The molecule has 7 heteroatoms. The first kappa shape index (κ1) is 12.8. The van der Waals surface area contributed by atoms with Crippen LogP contribution >= 0.6 is 0 Å². The number of rotatable bonds is 2. The van der Waals surface area contributed by atoms with E-state index < -0.39 is 32.6 Å². The quantitative estimate of drug-likeness (QED) is 0.692. The third-order valence-electron chi connectivity index (χ3n) is 3.83. The van der Waals surface area contributed by atoms with E-state index in [4.69, 9.17) is 4.74 Å². The van der Waals surface area contributed by atoms with Crippen molar-refractivity contribution in [1.29, 1.82) is 0 Å². The van der Waals surface area contributed by atoms with E-state index in [1.54, 1.807) is 0 Å². The van der Waals surface area contributed by atoms with Gasteiger partial charge in [0, 0.05) is 13.0 Å². The van der Waals surface area contributed by atoms with Gasteiger partial charge in [0.2, 0.25) is 0 Å². The van der Waals surface area contributed by atoms with Gasteiger partial charge in [-0.1, -0.05) is 0 Å². The summed E-state index contributed by atoms with van der Waals surface area (Å²) in [5.41, 5.74) is -3.17. The summed E-state index contributed by atoms with van der Waals surface area (Å²) in [6.45, 7) is 0.167. The zero-order valence-electron chi connectivity index (χ0n) is 9.39. The lowest BCUT2D eigenvalue weighted by Crippen LogP contribution is -2.59. The maximum atomic E-state index is 11.7. The topological polar surface area (TPSA) is 101 Å². The minimum absolute atomic E-state index is 0.00102. The minimum Gasteiger partial charge on any atom is -0.481 e. The molecule has 2 heterocycles. The van der Waals surface area contributed by atoms with Crippen LogP contribution in [0.1, 0.15) is 19.3 Å². The van der Waals surface area contributed by atoms with Crippen LogP contribution in [0.4, 0.5) is 0 Å². The highest BCUT2D eigenvalue weighted by molar-refractivity contribution is 7.91. The van der Waals surface area contributed by atoms with Crippen LogP contribution in [0.2, 0.25) is 0 Å². The fraction of sp³-hybridized carbons (Fsp3) is 0.900. The monoisotopic (exact) mass is 264 g/mol. The molecule has 0 aromatic heterocycles. The number of hydrogen-bond donors (Lipinski definition) is 2. The molecule has 2 unspecified atom stereocenters. The van der Waals surface area contributed by atoms with E-state index >= 15 is 0 Å². The standard InChI is InChI=1S/C10H16O6S/c11-8(12)9(10(13)3-4-16-6-10)2-1-5-17(14,15)7-9/h13H,1-7H2,(H,11,12). The maximum Gasteiger partial charge on any atom is 0.313 e. The van der Waals surface area contributed by atoms with Gasteiger partial charge in [0.25, 0.3) is 0 Å². The Kier molecular flexibility index (Phi) is 2.95. The number of ether oxygens (including phenoxy) is 1. The minimum atomic E-state index is -3.41. The summed E-state index contributed by atoms with van der Waals surface area (Å²) in [6, 6.07) is 0. The van der Waals surface area contributed by atoms with Gasteiger partial charge in [-0.05, 0) is 12.8 Å². The summed E-state index contributed by atoms with van der Waals surface area (Å²) in [5, 5.41) is 19.8. The molecule has 2 N–H and O–H groups in total. The summed E-state index contributed by atoms with van der Waals surface area (Å²) < 4.78 is 28.4. The molecule has 98 valence electrons. The van der Waals surface area contributed by atoms with Gasteiger partial charge in [-0.25, -0.2) is 8.42 Å². The lowest BCUT2D eigenvalue weighted by molar-refractivity contribution is -0.168. The summed E-state index contributed by atoms with van der Waals surface area (Å²) in [7, 11) is -3.41. The molecule has 0 bridgehead atoms. The van der Waals surface area contributed by atoms with Gasteiger partial charge in [-0.15, -0.1) is 0 Å². The van der Waals surface area contributed by atoms with Crippen molar-refractivity contribution < 1.29 is 28.2 Å². The van der Waals surface area contributed by atoms with E-state index in [-0.39, 0.29) is 38.2 Å². The predicted octanol–water partition coefficient (Wildman–Crippen LogP) is -0.583. The number of carboxylic acid groups (broad SMARTS) is 1. The second kappa shape index (κ2) is 3.93. The first-order valence-corrected chi connectivity index (χ1v) is 7.37. The van der Waals surface area contributed by atoms with Crippen molar-refractivity contribution in [2.24, 2.45) is 5.41 Å². The van der Waals surface area contributed by atoms with Crippen molar-refractivity contribution in [2.75, 3.05) is 24.7 Å². The number of hydrogen-bond acceptors (Lipinski definition) is 5. The summed E-state index contributed by atoms with van der Waals surface area (Å²) in [5.74, 6) is -1.73. The molecular formula is C10H16O6S. The van der Waals surface area contributed by atoms with Crippen LogP contribution in [0.3, 0.4) is 0 Å². The van der Waals surface area contributed by atoms with E-state index in [1.165, 1.54) is 0 Å². The number of aliphatic hydroxyl groups is 1. The van der Waals surface area contributed by atoms with Crippen LogP contribution in [0.15, 0.2) is 0 Å². The van der Waals surface area contributed by atoms with E-state index in [0.29, 0.717) is 0 Å². The molecule has 0 spiro atoms. The Labute approximate surface area is 99.5 Å². The SMILES string of the molecule is O=C(O)C1(C2(O)CCOC2)CCCS(=O)(=O)C1. The van der Waals surface area contributed by atoms with Crippen LogP contribution in [0, 0.1) is 5.41 Å². The van der Waals surface area contributed by atoms with Gasteiger partial charge in [0.05, 0.1) is 18.1 Å². The predicted molar refractivity (Wildman–Crippen MR) is 58.3 cm³/mol. The Bertz CT molecular complexity index is 422. The van der Waals surface area contributed by atoms with Crippen molar-refractivity contribution in [2.45, 2.75) is 24.9 Å². The fourth-order valence-electron chi connectivity index (χ4n) is 2.78. The molecule has 17 heavy (non-hydrogen) atoms. The van der Waals surface area contributed by atoms with E-state index in [9.17, 15) is 23.4 Å². The molecule has 0 aliphatic carbocycles. The van der Waals surface area contributed by atoms with Gasteiger partial charge in [-0.3, -0.25) is 4.79 Å². The molecule has 2 aliphatic rings. The Morgan fingerprint density at radius 1 is 1.29 bits per heavy atom. The number of sulfone groups is 1. The summed E-state index contributed by atoms with van der Waals surface area (Å²) in [6.07, 6.45) is 0.632. The third-order valence-corrected chi connectivity index (χ3v) is 5.67. The van der Waals surface area contributed by atoms with Crippen LogP contribution in [-0.2, 0) is 19.4 Å². The molecule has 6 nitrogen and oxygen atoms in total. The van der Waals surface area contributed by atoms with Gasteiger partial charge >= 0.3 is 5.97 Å². The normalized spacial score (nSPS) is 41.2. The van der Waals surface area contributed by atoms with Crippen molar-refractivity contribution in [3.05, 3.63) is 0 Å². The molecule has 0 aromatic carbocycles. The second-order valence-corrected chi connectivity index (χ2v) is 7.10. The molecule has 2 fully saturated rings. The average Bonchev–Trinajstić information content (AvgIpc) is 2.64. The molecule has 2 rings (SSSR count). The Balaban J connectivity index is 2.42. The van der Waals surface area contributed by atoms with Crippen molar-refractivity contribution in [1.82, 2.24) is 0 Å². The number of carboxylic acids is 1. The molecule has 0 saturated carbocycles. The lowest BCUT2D eigenvalue weighted by Gasteiger charge is -2.43. The average molecular weight is 264 g/mol. The zero-order valence-corrected chi connectivity index (χ0v) is 10.2. The Morgan fingerprint density at radius 3 is 2.47 bits per heavy atom. The molecule has 2 atom stereocenters. The second-order valence-electron chi connectivity index (χ2n) is 4.92. The van der Waals surface area contributed by atoms with E-state index in [2.05, 4.69) is 0 Å². The van der Waals surface area contributed by atoms with E-state index in [1.807, 2.05) is 0 Å². The van der Waals surface area contributed by atoms with Crippen LogP contribution in [0.5, 0.6) is 0 Å². The maximum absolute atomic E-state index is 11.7. The third kappa shape index (κ3) is 1.96. The van der Waals surface area contributed by atoms with Crippen LogP contribution in [0.25, 0.3) is 0 Å². The first-order chi connectivity index (χ1) is 7.81. The van der Waals surface area contributed by atoms with Crippen LogP contribution in [-0.4, -0.2) is 54.9 Å². The van der Waals surface area contributed by atoms with Gasteiger partial charge in [0.1, 0.15) is 11.0 Å². The molecule has 0 amide bonds.